The Hall–Kier alpha value is -2.34. The summed E-state index contributed by atoms with van der Waals surface area (Å²) in [6.07, 6.45) is 2.10. The first-order valence-corrected chi connectivity index (χ1v) is 7.93. The fourth-order valence-electron chi connectivity index (χ4n) is 1.72. The number of hydrazone groups is 1. The molecule has 0 saturated carbocycles. The lowest BCUT2D eigenvalue weighted by atomic mass is 10.2. The van der Waals surface area contributed by atoms with Crippen molar-refractivity contribution in [1.82, 2.24) is 4.83 Å². The van der Waals surface area contributed by atoms with Crippen molar-refractivity contribution in [2.24, 2.45) is 5.10 Å². The maximum Gasteiger partial charge on any atom is 0.276 e. The molecule has 0 unspecified atom stereocenters. The molecule has 0 heterocycles. The van der Waals surface area contributed by atoms with E-state index in [9.17, 15) is 13.5 Å². The van der Waals surface area contributed by atoms with Crippen LogP contribution in [0.15, 0.2) is 58.5 Å². The molecule has 2 N–H and O–H groups in total. The molecule has 0 aromatic heterocycles. The summed E-state index contributed by atoms with van der Waals surface area (Å²) in [5.41, 5.74) is 1.49. The first kappa shape index (κ1) is 15.1. The van der Waals surface area contributed by atoms with Gasteiger partial charge in [0.05, 0.1) is 11.1 Å². The second kappa shape index (κ2) is 6.41. The smallest absolute Gasteiger partial charge is 0.276 e. The summed E-state index contributed by atoms with van der Waals surface area (Å²) in [5, 5.41) is 13.2. The fraction of sp³-hybridized carbons (Fsp3) is 0.133. The Labute approximate surface area is 124 Å². The van der Waals surface area contributed by atoms with Crippen molar-refractivity contribution in [3.8, 4) is 5.75 Å². The highest BCUT2D eigenvalue weighted by Gasteiger charge is 2.12. The minimum Gasteiger partial charge on any atom is -0.507 e. The van der Waals surface area contributed by atoms with Gasteiger partial charge in [-0.3, -0.25) is 0 Å². The number of aryl methyl sites for hydroxylation is 1. The van der Waals surface area contributed by atoms with Crippen LogP contribution in [0.3, 0.4) is 0 Å². The molecular formula is C15H16N2O3S. The standard InChI is InChI=1S/C15H16N2O3S/c1-2-12-7-9-14(10-8-12)21(19,20)17-16-11-13-5-3-4-6-15(13)18/h3-11,17-18H,2H2,1H3/b16-11-. The monoisotopic (exact) mass is 304 g/mol. The normalized spacial score (nSPS) is 11.7. The molecule has 0 spiro atoms. The molecular weight excluding hydrogens is 288 g/mol. The van der Waals surface area contributed by atoms with E-state index in [0.29, 0.717) is 5.56 Å². The molecule has 6 heteroatoms. The van der Waals surface area contributed by atoms with Crippen LogP contribution in [-0.2, 0) is 16.4 Å². The molecule has 2 aromatic rings. The molecule has 0 aliphatic carbocycles. The van der Waals surface area contributed by atoms with Gasteiger partial charge in [-0.1, -0.05) is 31.2 Å². The van der Waals surface area contributed by atoms with Crippen LogP contribution in [-0.4, -0.2) is 19.7 Å². The average molecular weight is 304 g/mol. The first-order valence-electron chi connectivity index (χ1n) is 6.45. The van der Waals surface area contributed by atoms with Gasteiger partial charge >= 0.3 is 0 Å². The van der Waals surface area contributed by atoms with Gasteiger partial charge in [0.2, 0.25) is 0 Å². The van der Waals surface area contributed by atoms with Gasteiger partial charge in [-0.25, -0.2) is 4.83 Å². The number of phenolic OH excluding ortho intramolecular Hbond substituents is 1. The predicted octanol–water partition coefficient (Wildman–Crippen LogP) is 2.27. The van der Waals surface area contributed by atoms with E-state index < -0.39 is 10.0 Å². The number of sulfonamides is 1. The topological polar surface area (TPSA) is 78.8 Å². The van der Waals surface area contributed by atoms with E-state index in [0.717, 1.165) is 12.0 Å². The van der Waals surface area contributed by atoms with Gasteiger partial charge in [0.25, 0.3) is 10.0 Å². The minimum atomic E-state index is -3.70. The van der Waals surface area contributed by atoms with E-state index in [1.165, 1.54) is 24.4 Å². The van der Waals surface area contributed by atoms with Crippen LogP contribution in [0.4, 0.5) is 0 Å². The molecule has 0 fully saturated rings. The van der Waals surface area contributed by atoms with E-state index in [4.69, 9.17) is 0 Å². The van der Waals surface area contributed by atoms with Gasteiger partial charge in [-0.15, -0.1) is 0 Å². The summed E-state index contributed by atoms with van der Waals surface area (Å²) in [7, 11) is -3.70. The maximum absolute atomic E-state index is 12.0. The molecule has 110 valence electrons. The summed E-state index contributed by atoms with van der Waals surface area (Å²) in [5.74, 6) is 0.0350. The van der Waals surface area contributed by atoms with Gasteiger partial charge in [0.1, 0.15) is 5.75 Å². The summed E-state index contributed by atoms with van der Waals surface area (Å²) in [4.78, 5) is 2.27. The largest absolute Gasteiger partial charge is 0.507 e. The lowest BCUT2D eigenvalue weighted by molar-refractivity contribution is 0.474. The van der Waals surface area contributed by atoms with Crippen molar-refractivity contribution in [1.29, 1.82) is 0 Å². The maximum atomic E-state index is 12.0. The van der Waals surface area contributed by atoms with Crippen LogP contribution < -0.4 is 4.83 Å². The fourth-order valence-corrected chi connectivity index (χ4v) is 2.51. The third-order valence-electron chi connectivity index (χ3n) is 2.96. The van der Waals surface area contributed by atoms with Crippen molar-refractivity contribution >= 4 is 16.2 Å². The Morgan fingerprint density at radius 1 is 1.14 bits per heavy atom. The third-order valence-corrected chi connectivity index (χ3v) is 4.19. The van der Waals surface area contributed by atoms with Crippen LogP contribution in [0.25, 0.3) is 0 Å². The Balaban J connectivity index is 2.12. The van der Waals surface area contributed by atoms with Crippen LogP contribution >= 0.6 is 0 Å². The highest BCUT2D eigenvalue weighted by atomic mass is 32.2. The van der Waals surface area contributed by atoms with Crippen molar-refractivity contribution in [3.63, 3.8) is 0 Å². The lowest BCUT2D eigenvalue weighted by Gasteiger charge is -2.04. The minimum absolute atomic E-state index is 0.0350. The van der Waals surface area contributed by atoms with E-state index >= 15 is 0 Å². The molecule has 5 nitrogen and oxygen atoms in total. The zero-order valence-corrected chi connectivity index (χ0v) is 12.3. The van der Waals surface area contributed by atoms with Crippen molar-refractivity contribution in [3.05, 3.63) is 59.7 Å². The number of nitrogens with zero attached hydrogens (tertiary/aromatic N) is 1. The van der Waals surface area contributed by atoms with Crippen molar-refractivity contribution < 1.29 is 13.5 Å². The van der Waals surface area contributed by atoms with Crippen molar-refractivity contribution in [2.45, 2.75) is 18.2 Å². The Morgan fingerprint density at radius 2 is 1.81 bits per heavy atom. The number of para-hydroxylation sites is 1. The van der Waals surface area contributed by atoms with E-state index in [-0.39, 0.29) is 10.6 Å². The highest BCUT2D eigenvalue weighted by Crippen LogP contribution is 2.13. The number of hydrogen-bond acceptors (Lipinski definition) is 4. The quantitative estimate of drug-likeness (QED) is 0.657. The summed E-state index contributed by atoms with van der Waals surface area (Å²) < 4.78 is 24.0. The van der Waals surface area contributed by atoms with E-state index in [1.54, 1.807) is 30.3 Å². The van der Waals surface area contributed by atoms with Gasteiger partial charge in [0, 0.05) is 5.56 Å². The molecule has 0 bridgehead atoms. The Morgan fingerprint density at radius 3 is 2.43 bits per heavy atom. The molecule has 21 heavy (non-hydrogen) atoms. The van der Waals surface area contributed by atoms with Crippen LogP contribution in [0.1, 0.15) is 18.1 Å². The van der Waals surface area contributed by atoms with Crippen LogP contribution in [0.2, 0.25) is 0 Å². The molecule has 0 aliphatic heterocycles. The van der Waals surface area contributed by atoms with Gasteiger partial charge in [-0.05, 0) is 36.2 Å². The molecule has 0 amide bonds. The summed E-state index contributed by atoms with van der Waals surface area (Å²) in [6.45, 7) is 2.00. The number of hydrogen-bond donors (Lipinski definition) is 2. The van der Waals surface area contributed by atoms with Gasteiger partial charge < -0.3 is 5.11 Å². The number of benzene rings is 2. The molecule has 0 aliphatic rings. The average Bonchev–Trinajstić information content (AvgIpc) is 2.49. The van der Waals surface area contributed by atoms with E-state index in [1.807, 2.05) is 6.92 Å². The summed E-state index contributed by atoms with van der Waals surface area (Å²) in [6, 6.07) is 13.1. The summed E-state index contributed by atoms with van der Waals surface area (Å²) >= 11 is 0. The van der Waals surface area contributed by atoms with Crippen LogP contribution in [0.5, 0.6) is 5.75 Å². The number of nitrogens with one attached hydrogen (secondary N) is 1. The molecule has 2 aromatic carbocycles. The first-order chi connectivity index (χ1) is 10.0. The second-order valence-electron chi connectivity index (χ2n) is 4.41. The number of aromatic hydroxyl groups is 1. The number of phenols is 1. The van der Waals surface area contributed by atoms with E-state index in [2.05, 4.69) is 9.93 Å². The van der Waals surface area contributed by atoms with Gasteiger partial charge in [-0.2, -0.15) is 13.5 Å². The second-order valence-corrected chi connectivity index (χ2v) is 6.07. The Kier molecular flexibility index (Phi) is 4.59. The zero-order valence-electron chi connectivity index (χ0n) is 11.5. The lowest BCUT2D eigenvalue weighted by Crippen LogP contribution is -2.18. The molecule has 2 rings (SSSR count). The Bertz CT molecular complexity index is 738. The highest BCUT2D eigenvalue weighted by molar-refractivity contribution is 7.89. The molecule has 0 atom stereocenters. The predicted molar refractivity (Wildman–Crippen MR) is 81.8 cm³/mol. The van der Waals surface area contributed by atoms with Gasteiger partial charge in [0.15, 0.2) is 0 Å². The van der Waals surface area contributed by atoms with Crippen LogP contribution in [0, 0.1) is 0 Å². The SMILES string of the molecule is CCc1ccc(S(=O)(=O)N/N=C\c2ccccc2O)cc1. The molecule has 0 radical (unpaired) electrons. The zero-order chi connectivity index (χ0) is 15.3. The van der Waals surface area contributed by atoms with Crippen molar-refractivity contribution in [2.75, 3.05) is 0 Å². The molecule has 0 saturated heterocycles. The third kappa shape index (κ3) is 3.82. The number of rotatable bonds is 5.